The van der Waals surface area contributed by atoms with Crippen molar-refractivity contribution in [3.8, 4) is 0 Å². The summed E-state index contributed by atoms with van der Waals surface area (Å²) < 4.78 is 0. The van der Waals surface area contributed by atoms with Crippen LogP contribution in [0.3, 0.4) is 0 Å². The SMILES string of the molecule is CCCNC(=O)CN(C)c1ncc(CN)cn1. The lowest BCUT2D eigenvalue weighted by molar-refractivity contribution is -0.119. The van der Waals surface area contributed by atoms with Crippen molar-refractivity contribution in [2.45, 2.75) is 19.9 Å². The molecule has 0 saturated carbocycles. The Labute approximate surface area is 101 Å². The summed E-state index contributed by atoms with van der Waals surface area (Å²) in [5, 5.41) is 2.80. The molecule has 94 valence electrons. The van der Waals surface area contributed by atoms with E-state index in [0.29, 0.717) is 19.0 Å². The van der Waals surface area contributed by atoms with Crippen LogP contribution in [-0.4, -0.2) is 36.0 Å². The van der Waals surface area contributed by atoms with Gasteiger partial charge in [0.2, 0.25) is 11.9 Å². The van der Waals surface area contributed by atoms with Gasteiger partial charge in [-0.3, -0.25) is 4.79 Å². The third kappa shape index (κ3) is 4.36. The number of hydrogen-bond acceptors (Lipinski definition) is 5. The molecule has 0 unspecified atom stereocenters. The molecule has 0 atom stereocenters. The topological polar surface area (TPSA) is 84.1 Å². The molecule has 1 aromatic heterocycles. The van der Waals surface area contributed by atoms with E-state index >= 15 is 0 Å². The molecule has 0 aliphatic heterocycles. The average Bonchev–Trinajstić information content (AvgIpc) is 2.36. The van der Waals surface area contributed by atoms with E-state index in [1.807, 2.05) is 6.92 Å². The van der Waals surface area contributed by atoms with Gasteiger partial charge in [-0.15, -0.1) is 0 Å². The molecule has 0 bridgehead atoms. The van der Waals surface area contributed by atoms with E-state index in [4.69, 9.17) is 5.73 Å². The fourth-order valence-corrected chi connectivity index (χ4v) is 1.26. The zero-order valence-corrected chi connectivity index (χ0v) is 10.3. The minimum absolute atomic E-state index is 0.0270. The Kier molecular flexibility index (Phi) is 5.35. The third-order valence-electron chi connectivity index (χ3n) is 2.22. The Balaban J connectivity index is 2.51. The number of amides is 1. The maximum Gasteiger partial charge on any atom is 0.239 e. The molecule has 1 amide bonds. The van der Waals surface area contributed by atoms with Crippen LogP contribution >= 0.6 is 0 Å². The number of aromatic nitrogens is 2. The predicted octanol–water partition coefficient (Wildman–Crippen LogP) is -0.102. The number of carbonyl (C=O) groups excluding carboxylic acids is 1. The van der Waals surface area contributed by atoms with Gasteiger partial charge in [0.05, 0.1) is 6.54 Å². The highest BCUT2D eigenvalue weighted by Crippen LogP contribution is 2.03. The van der Waals surface area contributed by atoms with Gasteiger partial charge in [0.1, 0.15) is 0 Å². The summed E-state index contributed by atoms with van der Waals surface area (Å²) in [5.74, 6) is 0.495. The smallest absolute Gasteiger partial charge is 0.239 e. The first-order valence-corrected chi connectivity index (χ1v) is 5.66. The zero-order chi connectivity index (χ0) is 12.7. The van der Waals surface area contributed by atoms with Gasteiger partial charge in [0.15, 0.2) is 0 Å². The molecular formula is C11H19N5O. The van der Waals surface area contributed by atoms with Crippen molar-refractivity contribution in [1.82, 2.24) is 15.3 Å². The maximum atomic E-state index is 11.5. The second-order valence-electron chi connectivity index (χ2n) is 3.80. The number of nitrogens with one attached hydrogen (secondary N) is 1. The highest BCUT2D eigenvalue weighted by Gasteiger charge is 2.08. The van der Waals surface area contributed by atoms with Crippen molar-refractivity contribution in [3.63, 3.8) is 0 Å². The maximum absolute atomic E-state index is 11.5. The fourth-order valence-electron chi connectivity index (χ4n) is 1.26. The molecule has 6 heteroatoms. The first kappa shape index (κ1) is 13.4. The summed E-state index contributed by atoms with van der Waals surface area (Å²) in [7, 11) is 1.78. The molecule has 0 aromatic carbocycles. The predicted molar refractivity (Wildman–Crippen MR) is 66.5 cm³/mol. The Bertz CT molecular complexity index is 351. The molecule has 17 heavy (non-hydrogen) atoms. The van der Waals surface area contributed by atoms with Crippen LogP contribution in [0.2, 0.25) is 0 Å². The van der Waals surface area contributed by atoms with Crippen LogP contribution in [0.1, 0.15) is 18.9 Å². The van der Waals surface area contributed by atoms with E-state index < -0.39 is 0 Å². The minimum atomic E-state index is -0.0270. The van der Waals surface area contributed by atoms with Crippen molar-refractivity contribution in [2.24, 2.45) is 5.73 Å². The Morgan fingerprint density at radius 3 is 2.65 bits per heavy atom. The van der Waals surface area contributed by atoms with E-state index in [1.165, 1.54) is 0 Å². The van der Waals surface area contributed by atoms with E-state index in [0.717, 1.165) is 12.0 Å². The van der Waals surface area contributed by atoms with Gasteiger partial charge in [0.25, 0.3) is 0 Å². The molecule has 0 saturated heterocycles. The molecule has 0 aliphatic rings. The molecule has 3 N–H and O–H groups in total. The monoisotopic (exact) mass is 237 g/mol. The standard InChI is InChI=1S/C11H19N5O/c1-3-4-13-10(17)8-16(2)11-14-6-9(5-12)7-15-11/h6-7H,3-5,8,12H2,1-2H3,(H,13,17). The van der Waals surface area contributed by atoms with Gasteiger partial charge in [-0.1, -0.05) is 6.92 Å². The van der Waals surface area contributed by atoms with Crippen LogP contribution < -0.4 is 16.0 Å². The van der Waals surface area contributed by atoms with Crippen LogP contribution in [0.5, 0.6) is 0 Å². The van der Waals surface area contributed by atoms with Gasteiger partial charge in [-0.05, 0) is 6.42 Å². The molecule has 0 spiro atoms. The van der Waals surface area contributed by atoms with Crippen molar-refractivity contribution in [1.29, 1.82) is 0 Å². The number of rotatable bonds is 6. The number of nitrogens with two attached hydrogens (primary N) is 1. The largest absolute Gasteiger partial charge is 0.355 e. The fraction of sp³-hybridized carbons (Fsp3) is 0.545. The number of nitrogens with zero attached hydrogens (tertiary/aromatic N) is 3. The highest BCUT2D eigenvalue weighted by molar-refractivity contribution is 5.80. The van der Waals surface area contributed by atoms with E-state index in [-0.39, 0.29) is 12.5 Å². The number of carbonyl (C=O) groups is 1. The van der Waals surface area contributed by atoms with Crippen LogP contribution in [0.4, 0.5) is 5.95 Å². The van der Waals surface area contributed by atoms with E-state index in [1.54, 1.807) is 24.3 Å². The van der Waals surface area contributed by atoms with Gasteiger partial charge in [0, 0.05) is 38.1 Å². The molecule has 1 heterocycles. The summed E-state index contributed by atoms with van der Waals surface area (Å²) in [5.41, 5.74) is 6.33. The van der Waals surface area contributed by atoms with Crippen LogP contribution in [0.15, 0.2) is 12.4 Å². The summed E-state index contributed by atoms with van der Waals surface area (Å²) in [6.45, 7) is 3.38. The van der Waals surface area contributed by atoms with Crippen LogP contribution in [0, 0.1) is 0 Å². The zero-order valence-electron chi connectivity index (χ0n) is 10.3. The number of anilines is 1. The lowest BCUT2D eigenvalue weighted by Crippen LogP contribution is -2.36. The molecular weight excluding hydrogens is 218 g/mol. The summed E-state index contributed by atoms with van der Waals surface area (Å²) >= 11 is 0. The Hall–Kier alpha value is -1.69. The summed E-state index contributed by atoms with van der Waals surface area (Å²) in [6.07, 6.45) is 4.27. The lowest BCUT2D eigenvalue weighted by atomic mass is 10.3. The summed E-state index contributed by atoms with van der Waals surface area (Å²) in [6, 6.07) is 0. The lowest BCUT2D eigenvalue weighted by Gasteiger charge is -2.16. The van der Waals surface area contributed by atoms with Gasteiger partial charge in [-0.2, -0.15) is 0 Å². The third-order valence-corrected chi connectivity index (χ3v) is 2.22. The van der Waals surface area contributed by atoms with Crippen molar-refractivity contribution in [2.75, 3.05) is 25.0 Å². The first-order valence-electron chi connectivity index (χ1n) is 5.66. The second-order valence-corrected chi connectivity index (χ2v) is 3.80. The quantitative estimate of drug-likeness (QED) is 0.721. The molecule has 0 aliphatic carbocycles. The van der Waals surface area contributed by atoms with Crippen LogP contribution in [0.25, 0.3) is 0 Å². The van der Waals surface area contributed by atoms with Gasteiger partial charge >= 0.3 is 0 Å². The van der Waals surface area contributed by atoms with Gasteiger partial charge < -0.3 is 16.0 Å². The van der Waals surface area contributed by atoms with Gasteiger partial charge in [-0.25, -0.2) is 9.97 Å². The molecule has 0 fully saturated rings. The summed E-state index contributed by atoms with van der Waals surface area (Å²) in [4.78, 5) is 21.5. The molecule has 6 nitrogen and oxygen atoms in total. The van der Waals surface area contributed by atoms with E-state index in [2.05, 4.69) is 15.3 Å². The molecule has 1 aromatic rings. The van der Waals surface area contributed by atoms with E-state index in [9.17, 15) is 4.79 Å². The van der Waals surface area contributed by atoms with Crippen LogP contribution in [-0.2, 0) is 11.3 Å². The minimum Gasteiger partial charge on any atom is -0.355 e. The average molecular weight is 237 g/mol. The Morgan fingerprint density at radius 1 is 1.47 bits per heavy atom. The number of likely N-dealkylation sites (N-methyl/N-ethyl adjacent to an activating group) is 1. The Morgan fingerprint density at radius 2 is 2.12 bits per heavy atom. The highest BCUT2D eigenvalue weighted by atomic mass is 16.2. The van der Waals surface area contributed by atoms with Crippen molar-refractivity contribution in [3.05, 3.63) is 18.0 Å². The number of hydrogen-bond donors (Lipinski definition) is 2. The first-order chi connectivity index (χ1) is 8.17. The van der Waals surface area contributed by atoms with Crippen molar-refractivity contribution >= 4 is 11.9 Å². The second kappa shape index (κ2) is 6.80. The molecule has 0 radical (unpaired) electrons. The van der Waals surface area contributed by atoms with Crippen molar-refractivity contribution < 1.29 is 4.79 Å². The molecule has 1 rings (SSSR count). The normalized spacial score (nSPS) is 10.1.